The van der Waals surface area contributed by atoms with Crippen molar-refractivity contribution in [1.82, 2.24) is 29.4 Å². The second-order valence-electron chi connectivity index (χ2n) is 11.0. The van der Waals surface area contributed by atoms with Gasteiger partial charge in [0.25, 0.3) is 11.5 Å². The van der Waals surface area contributed by atoms with Crippen LogP contribution < -0.4 is 10.9 Å². The third-order valence-corrected chi connectivity index (χ3v) is 7.75. The van der Waals surface area contributed by atoms with Crippen molar-refractivity contribution in [1.29, 1.82) is 5.26 Å². The number of nitriles is 1. The quantitative estimate of drug-likeness (QED) is 0.320. The molecule has 1 aliphatic carbocycles. The Morgan fingerprint density at radius 1 is 1.14 bits per heavy atom. The number of carbonyl (C=O) groups is 1. The second kappa shape index (κ2) is 11.9. The van der Waals surface area contributed by atoms with Gasteiger partial charge in [-0.15, -0.1) is 0 Å². The van der Waals surface area contributed by atoms with Crippen LogP contribution in [-0.4, -0.2) is 56.6 Å². The number of hydrogen-bond acceptors (Lipinski definition) is 5. The number of amides is 1. The fourth-order valence-electron chi connectivity index (χ4n) is 5.62. The van der Waals surface area contributed by atoms with Crippen molar-refractivity contribution >= 4 is 5.91 Å². The van der Waals surface area contributed by atoms with Gasteiger partial charge in [0.2, 0.25) is 0 Å². The molecule has 0 bridgehead atoms. The Labute approximate surface area is 246 Å². The van der Waals surface area contributed by atoms with Crippen LogP contribution in [0.25, 0.3) is 22.8 Å². The van der Waals surface area contributed by atoms with Gasteiger partial charge in [-0.05, 0) is 81.4 Å². The van der Waals surface area contributed by atoms with E-state index in [1.54, 1.807) is 28.9 Å². The van der Waals surface area contributed by atoms with E-state index in [2.05, 4.69) is 16.5 Å². The average Bonchev–Trinajstić information content (AvgIpc) is 3.71. The van der Waals surface area contributed by atoms with Gasteiger partial charge in [0.15, 0.2) is 0 Å². The first-order valence-electron chi connectivity index (χ1n) is 14.0. The molecule has 0 saturated heterocycles. The molecule has 2 heterocycles. The van der Waals surface area contributed by atoms with Crippen LogP contribution in [0.3, 0.4) is 0 Å². The predicted octanol–water partition coefficient (Wildman–Crippen LogP) is 4.70. The van der Waals surface area contributed by atoms with Gasteiger partial charge < -0.3 is 10.2 Å². The van der Waals surface area contributed by atoms with Crippen LogP contribution in [0.1, 0.15) is 52.7 Å². The van der Waals surface area contributed by atoms with Gasteiger partial charge in [0.05, 0.1) is 40.5 Å². The Morgan fingerprint density at radius 3 is 2.56 bits per heavy atom. The highest BCUT2D eigenvalue weighted by atomic mass is 19.4. The number of nitrogens with one attached hydrogen (secondary N) is 1. The van der Waals surface area contributed by atoms with E-state index in [4.69, 9.17) is 0 Å². The van der Waals surface area contributed by atoms with Crippen LogP contribution in [0, 0.1) is 11.3 Å². The summed E-state index contributed by atoms with van der Waals surface area (Å²) in [6.45, 7) is 0.692. The lowest BCUT2D eigenvalue weighted by Crippen LogP contribution is -2.36. The maximum Gasteiger partial charge on any atom is 0.416 e. The van der Waals surface area contributed by atoms with E-state index < -0.39 is 23.2 Å². The summed E-state index contributed by atoms with van der Waals surface area (Å²) in [7, 11) is 5.41. The fourth-order valence-corrected chi connectivity index (χ4v) is 5.62. The molecule has 0 spiro atoms. The number of nitrogens with zero attached hydrogens (tertiary/aromatic N) is 6. The molecule has 1 amide bonds. The normalized spacial score (nSPS) is 13.9. The summed E-state index contributed by atoms with van der Waals surface area (Å²) in [6.07, 6.45) is 1.00. The van der Waals surface area contributed by atoms with Crippen LogP contribution in [0.5, 0.6) is 0 Å². The van der Waals surface area contributed by atoms with Crippen molar-refractivity contribution in [3.63, 3.8) is 0 Å². The van der Waals surface area contributed by atoms with Gasteiger partial charge >= 0.3 is 6.18 Å². The van der Waals surface area contributed by atoms with Gasteiger partial charge in [0, 0.05) is 19.6 Å². The lowest BCUT2D eigenvalue weighted by atomic mass is 10.0. The standard InChI is InChI=1S/C31H32F3N7O2/c1-38(2)16-14-21-17-20(19-35)11-12-25(21)40-26(13-15-36-40)28-27(29(42)37-23-8-4-5-9-23)30(43)41(39(28)3)24-10-6-7-22(18-24)31(32,33)34/h6-7,10-13,15,17-18,23H,4-5,8-9,14,16H2,1-3H3,(H,37,42). The number of alkyl halides is 3. The molecule has 0 unspecified atom stereocenters. The van der Waals surface area contributed by atoms with E-state index in [0.717, 1.165) is 48.1 Å². The number of rotatable bonds is 8. The van der Waals surface area contributed by atoms with Gasteiger partial charge in [0.1, 0.15) is 11.3 Å². The molecular weight excluding hydrogens is 559 g/mol. The number of carbonyl (C=O) groups excluding carboxylic acids is 1. The molecule has 5 rings (SSSR count). The molecule has 1 N–H and O–H groups in total. The Kier molecular flexibility index (Phi) is 8.28. The number of aromatic nitrogens is 4. The summed E-state index contributed by atoms with van der Waals surface area (Å²) in [5.74, 6) is -0.589. The average molecular weight is 592 g/mol. The lowest BCUT2D eigenvalue weighted by Gasteiger charge is -2.17. The maximum atomic E-state index is 14.0. The van der Waals surface area contributed by atoms with E-state index >= 15 is 0 Å². The SMILES string of the molecule is CN(C)CCc1cc(C#N)ccc1-n1nccc1-c1c(C(=O)NC2CCCC2)c(=O)n(-c2cccc(C(F)(F)F)c2)n1C. The van der Waals surface area contributed by atoms with Gasteiger partial charge in [-0.25, -0.2) is 9.36 Å². The van der Waals surface area contributed by atoms with Crippen molar-refractivity contribution in [3.8, 4) is 28.8 Å². The monoisotopic (exact) mass is 591 g/mol. The van der Waals surface area contributed by atoms with Crippen molar-refractivity contribution < 1.29 is 18.0 Å². The molecule has 0 aliphatic heterocycles. The summed E-state index contributed by atoms with van der Waals surface area (Å²) in [5, 5.41) is 17.0. The molecule has 9 nitrogen and oxygen atoms in total. The highest BCUT2D eigenvalue weighted by Crippen LogP contribution is 2.32. The minimum absolute atomic E-state index is 0.0281. The zero-order valence-electron chi connectivity index (χ0n) is 24.1. The van der Waals surface area contributed by atoms with Crippen molar-refractivity contribution in [2.45, 2.75) is 44.3 Å². The molecule has 224 valence electrons. The van der Waals surface area contributed by atoms with Crippen molar-refractivity contribution in [3.05, 3.63) is 87.3 Å². The topological polar surface area (TPSA) is 101 Å². The Bertz CT molecular complexity index is 1750. The van der Waals surface area contributed by atoms with Gasteiger partial charge in [-0.1, -0.05) is 18.9 Å². The first-order chi connectivity index (χ1) is 20.5. The summed E-state index contributed by atoms with van der Waals surface area (Å²) in [4.78, 5) is 29.7. The third-order valence-electron chi connectivity index (χ3n) is 7.75. The second-order valence-corrected chi connectivity index (χ2v) is 11.0. The first kappa shape index (κ1) is 29.8. The summed E-state index contributed by atoms with van der Waals surface area (Å²) >= 11 is 0. The molecule has 1 saturated carbocycles. The summed E-state index contributed by atoms with van der Waals surface area (Å²) < 4.78 is 44.9. The van der Waals surface area contributed by atoms with E-state index in [-0.39, 0.29) is 23.0 Å². The van der Waals surface area contributed by atoms with Crippen LogP contribution in [0.2, 0.25) is 0 Å². The van der Waals surface area contributed by atoms with Crippen LogP contribution in [0.4, 0.5) is 13.2 Å². The largest absolute Gasteiger partial charge is 0.416 e. The highest BCUT2D eigenvalue weighted by Gasteiger charge is 2.33. The number of benzene rings is 2. The molecular formula is C31H32F3N7O2. The van der Waals surface area contributed by atoms with Crippen LogP contribution in [-0.2, 0) is 19.6 Å². The molecule has 0 radical (unpaired) electrons. The van der Waals surface area contributed by atoms with E-state index in [0.29, 0.717) is 29.9 Å². The molecule has 4 aromatic rings. The molecule has 43 heavy (non-hydrogen) atoms. The summed E-state index contributed by atoms with van der Waals surface area (Å²) in [5.41, 5.74) is 0.704. The number of likely N-dealkylation sites (N-methyl/N-ethyl adjacent to an activating group) is 1. The zero-order valence-corrected chi connectivity index (χ0v) is 24.1. The molecule has 1 aliphatic rings. The third kappa shape index (κ3) is 5.99. The zero-order chi connectivity index (χ0) is 30.9. The van der Waals surface area contributed by atoms with Gasteiger partial charge in [-0.2, -0.15) is 23.5 Å². The van der Waals surface area contributed by atoms with E-state index in [9.17, 15) is 28.0 Å². The molecule has 0 atom stereocenters. The molecule has 2 aromatic carbocycles. The number of halogens is 3. The molecule has 2 aromatic heterocycles. The summed E-state index contributed by atoms with van der Waals surface area (Å²) in [6, 6.07) is 13.4. The smallest absolute Gasteiger partial charge is 0.349 e. The first-order valence-corrected chi connectivity index (χ1v) is 14.0. The fraction of sp³-hybridized carbons (Fsp3) is 0.355. The van der Waals surface area contributed by atoms with Crippen LogP contribution in [0.15, 0.2) is 59.5 Å². The Morgan fingerprint density at radius 2 is 1.88 bits per heavy atom. The van der Waals surface area contributed by atoms with Crippen molar-refractivity contribution in [2.75, 3.05) is 20.6 Å². The maximum absolute atomic E-state index is 14.0. The van der Waals surface area contributed by atoms with E-state index in [1.165, 1.54) is 30.1 Å². The lowest BCUT2D eigenvalue weighted by molar-refractivity contribution is -0.137. The van der Waals surface area contributed by atoms with Gasteiger partial charge in [-0.3, -0.25) is 14.3 Å². The Hall–Kier alpha value is -4.63. The number of hydrogen-bond donors (Lipinski definition) is 1. The van der Waals surface area contributed by atoms with Crippen LogP contribution >= 0.6 is 0 Å². The Balaban J connectivity index is 1.72. The minimum atomic E-state index is -4.62. The highest BCUT2D eigenvalue weighted by molar-refractivity contribution is 6.00. The molecule has 1 fully saturated rings. The molecule has 12 heteroatoms. The van der Waals surface area contributed by atoms with Crippen molar-refractivity contribution in [2.24, 2.45) is 7.05 Å². The minimum Gasteiger partial charge on any atom is -0.349 e. The predicted molar refractivity (Wildman–Crippen MR) is 155 cm³/mol. The van der Waals surface area contributed by atoms with E-state index in [1.807, 2.05) is 19.0 Å².